The van der Waals surface area contributed by atoms with E-state index < -0.39 is 0 Å². The standard InChI is InChI=1S/C15H15ClFN3O2/c16-13-6-11(17)4-3-10(13)8-20-9-12(7-18-20)19-15(21)14-2-1-5-22-14/h3-4,6-7,9,14H,1-2,5,8H2,(H,19,21). The molecule has 1 atom stereocenters. The topological polar surface area (TPSA) is 56.2 Å². The van der Waals surface area contributed by atoms with E-state index >= 15 is 0 Å². The average molecular weight is 324 g/mol. The molecule has 116 valence electrons. The zero-order valence-electron chi connectivity index (χ0n) is 11.8. The van der Waals surface area contributed by atoms with Gasteiger partial charge in [-0.25, -0.2) is 4.39 Å². The minimum absolute atomic E-state index is 0.156. The number of aromatic nitrogens is 2. The SMILES string of the molecule is O=C(Nc1cnn(Cc2ccc(F)cc2Cl)c1)C1CCCO1. The molecular weight excluding hydrogens is 309 g/mol. The lowest BCUT2D eigenvalue weighted by atomic mass is 10.2. The Labute approximate surface area is 132 Å². The molecule has 0 radical (unpaired) electrons. The summed E-state index contributed by atoms with van der Waals surface area (Å²) in [5.74, 6) is -0.532. The van der Waals surface area contributed by atoms with Gasteiger partial charge in [-0.15, -0.1) is 0 Å². The summed E-state index contributed by atoms with van der Waals surface area (Å²) in [6.07, 6.45) is 4.53. The van der Waals surface area contributed by atoms with Gasteiger partial charge in [-0.2, -0.15) is 5.10 Å². The monoisotopic (exact) mass is 323 g/mol. The van der Waals surface area contributed by atoms with Crippen molar-refractivity contribution in [3.05, 3.63) is 47.0 Å². The molecule has 1 aliphatic rings. The van der Waals surface area contributed by atoms with E-state index in [1.807, 2.05) is 0 Å². The maximum atomic E-state index is 13.0. The molecule has 1 N–H and O–H groups in total. The first-order valence-electron chi connectivity index (χ1n) is 7.00. The third-order valence-electron chi connectivity index (χ3n) is 3.47. The van der Waals surface area contributed by atoms with Crippen molar-refractivity contribution >= 4 is 23.2 Å². The molecule has 7 heteroatoms. The predicted octanol–water partition coefficient (Wildman–Crippen LogP) is 2.84. The van der Waals surface area contributed by atoms with Crippen LogP contribution in [0.15, 0.2) is 30.6 Å². The third-order valence-corrected chi connectivity index (χ3v) is 3.82. The molecule has 0 saturated carbocycles. The number of amides is 1. The lowest BCUT2D eigenvalue weighted by molar-refractivity contribution is -0.124. The quantitative estimate of drug-likeness (QED) is 0.941. The highest BCUT2D eigenvalue weighted by Gasteiger charge is 2.23. The van der Waals surface area contributed by atoms with E-state index in [0.29, 0.717) is 23.9 Å². The highest BCUT2D eigenvalue weighted by molar-refractivity contribution is 6.31. The molecule has 5 nitrogen and oxygen atoms in total. The van der Waals surface area contributed by atoms with Gasteiger partial charge in [-0.1, -0.05) is 17.7 Å². The number of anilines is 1. The Morgan fingerprint density at radius 1 is 1.55 bits per heavy atom. The Bertz CT molecular complexity index is 683. The number of carbonyl (C=O) groups excluding carboxylic acids is 1. The van der Waals surface area contributed by atoms with Gasteiger partial charge in [0.05, 0.1) is 18.4 Å². The molecular formula is C15H15ClFN3O2. The number of carbonyl (C=O) groups is 1. The second-order valence-corrected chi connectivity index (χ2v) is 5.56. The van der Waals surface area contributed by atoms with Crippen LogP contribution >= 0.6 is 11.6 Å². The van der Waals surface area contributed by atoms with E-state index in [0.717, 1.165) is 18.4 Å². The number of ether oxygens (including phenoxy) is 1. The Hall–Kier alpha value is -1.92. The van der Waals surface area contributed by atoms with Crippen LogP contribution < -0.4 is 5.32 Å². The molecule has 1 fully saturated rings. The van der Waals surface area contributed by atoms with Crippen LogP contribution in [0.2, 0.25) is 5.02 Å². The van der Waals surface area contributed by atoms with Crippen molar-refractivity contribution in [1.29, 1.82) is 0 Å². The Balaban J connectivity index is 1.64. The largest absolute Gasteiger partial charge is 0.368 e. The predicted molar refractivity (Wildman–Crippen MR) is 80.3 cm³/mol. The molecule has 1 aliphatic heterocycles. The summed E-state index contributed by atoms with van der Waals surface area (Å²) >= 11 is 5.99. The fraction of sp³-hybridized carbons (Fsp3) is 0.333. The molecule has 2 aromatic rings. The number of benzene rings is 1. The minimum Gasteiger partial charge on any atom is -0.368 e. The van der Waals surface area contributed by atoms with Crippen molar-refractivity contribution in [3.63, 3.8) is 0 Å². The van der Waals surface area contributed by atoms with Crippen molar-refractivity contribution in [2.45, 2.75) is 25.5 Å². The smallest absolute Gasteiger partial charge is 0.253 e. The van der Waals surface area contributed by atoms with Crippen LogP contribution in [0.4, 0.5) is 10.1 Å². The van der Waals surface area contributed by atoms with Gasteiger partial charge >= 0.3 is 0 Å². The van der Waals surface area contributed by atoms with Gasteiger partial charge in [0.1, 0.15) is 11.9 Å². The lowest BCUT2D eigenvalue weighted by Crippen LogP contribution is -2.26. The van der Waals surface area contributed by atoms with Crippen molar-refractivity contribution in [2.75, 3.05) is 11.9 Å². The number of halogens is 2. The van der Waals surface area contributed by atoms with Crippen molar-refractivity contribution < 1.29 is 13.9 Å². The fourth-order valence-electron chi connectivity index (χ4n) is 2.35. The molecule has 1 aromatic carbocycles. The van der Waals surface area contributed by atoms with E-state index in [1.165, 1.54) is 12.1 Å². The summed E-state index contributed by atoms with van der Waals surface area (Å²) in [6, 6.07) is 4.23. The van der Waals surface area contributed by atoms with Crippen LogP contribution in [0.25, 0.3) is 0 Å². The zero-order chi connectivity index (χ0) is 15.5. The highest BCUT2D eigenvalue weighted by Crippen LogP contribution is 2.19. The molecule has 1 amide bonds. The van der Waals surface area contributed by atoms with Gasteiger partial charge in [0.25, 0.3) is 5.91 Å². The van der Waals surface area contributed by atoms with Gasteiger partial charge in [0, 0.05) is 17.8 Å². The van der Waals surface area contributed by atoms with Crippen LogP contribution in [0.3, 0.4) is 0 Å². The van der Waals surface area contributed by atoms with Gasteiger partial charge in [0.15, 0.2) is 0 Å². The number of hydrogen-bond acceptors (Lipinski definition) is 3. The molecule has 2 heterocycles. The molecule has 0 bridgehead atoms. The van der Waals surface area contributed by atoms with Gasteiger partial charge in [0.2, 0.25) is 0 Å². The molecule has 1 aromatic heterocycles. The van der Waals surface area contributed by atoms with Gasteiger partial charge < -0.3 is 10.1 Å². The Morgan fingerprint density at radius 3 is 3.14 bits per heavy atom. The summed E-state index contributed by atoms with van der Waals surface area (Å²) in [4.78, 5) is 11.9. The van der Waals surface area contributed by atoms with E-state index in [-0.39, 0.29) is 17.8 Å². The minimum atomic E-state index is -0.380. The zero-order valence-corrected chi connectivity index (χ0v) is 12.5. The van der Waals surface area contributed by atoms with Crippen molar-refractivity contribution in [3.8, 4) is 0 Å². The summed E-state index contributed by atoms with van der Waals surface area (Å²) < 4.78 is 20.0. The lowest BCUT2D eigenvalue weighted by Gasteiger charge is -2.08. The highest BCUT2D eigenvalue weighted by atomic mass is 35.5. The van der Waals surface area contributed by atoms with E-state index in [2.05, 4.69) is 10.4 Å². The fourth-order valence-corrected chi connectivity index (χ4v) is 2.57. The van der Waals surface area contributed by atoms with E-state index in [9.17, 15) is 9.18 Å². The molecule has 1 unspecified atom stereocenters. The van der Waals surface area contributed by atoms with E-state index in [1.54, 1.807) is 23.1 Å². The first-order valence-corrected chi connectivity index (χ1v) is 7.38. The summed E-state index contributed by atoms with van der Waals surface area (Å²) in [7, 11) is 0. The number of nitrogens with zero attached hydrogens (tertiary/aromatic N) is 2. The summed E-state index contributed by atoms with van der Waals surface area (Å²) in [5, 5.41) is 7.28. The average Bonchev–Trinajstić information content (AvgIpc) is 3.13. The molecule has 22 heavy (non-hydrogen) atoms. The van der Waals surface area contributed by atoms with Crippen LogP contribution in [0.1, 0.15) is 18.4 Å². The molecule has 3 rings (SSSR count). The van der Waals surface area contributed by atoms with E-state index in [4.69, 9.17) is 16.3 Å². The van der Waals surface area contributed by atoms with Crippen LogP contribution in [0.5, 0.6) is 0 Å². The van der Waals surface area contributed by atoms with Crippen LogP contribution in [-0.2, 0) is 16.1 Å². The maximum absolute atomic E-state index is 13.0. The first-order chi connectivity index (χ1) is 10.6. The van der Waals surface area contributed by atoms with Crippen LogP contribution in [0, 0.1) is 5.82 Å². The van der Waals surface area contributed by atoms with Crippen LogP contribution in [-0.4, -0.2) is 28.4 Å². The Kier molecular flexibility index (Phi) is 4.40. The maximum Gasteiger partial charge on any atom is 0.253 e. The van der Waals surface area contributed by atoms with Crippen molar-refractivity contribution in [1.82, 2.24) is 9.78 Å². The number of nitrogens with one attached hydrogen (secondary N) is 1. The second kappa shape index (κ2) is 6.46. The molecule has 0 spiro atoms. The van der Waals surface area contributed by atoms with Gasteiger partial charge in [-0.05, 0) is 30.5 Å². The second-order valence-electron chi connectivity index (χ2n) is 5.15. The number of rotatable bonds is 4. The Morgan fingerprint density at radius 2 is 2.41 bits per heavy atom. The number of hydrogen-bond donors (Lipinski definition) is 1. The molecule has 0 aliphatic carbocycles. The van der Waals surface area contributed by atoms with Crippen molar-refractivity contribution in [2.24, 2.45) is 0 Å². The van der Waals surface area contributed by atoms with Gasteiger partial charge in [-0.3, -0.25) is 9.48 Å². The summed E-state index contributed by atoms with van der Waals surface area (Å²) in [6.45, 7) is 1.02. The first kappa shape index (κ1) is 15.0. The third kappa shape index (κ3) is 3.45. The summed E-state index contributed by atoms with van der Waals surface area (Å²) in [5.41, 5.74) is 1.35. The normalized spacial score (nSPS) is 17.6. The molecule has 1 saturated heterocycles.